The second-order valence-corrected chi connectivity index (χ2v) is 10.6. The van der Waals surface area contributed by atoms with Crippen LogP contribution in [-0.2, 0) is 9.53 Å². The van der Waals surface area contributed by atoms with Crippen LogP contribution in [0.4, 0.5) is 0 Å². The van der Waals surface area contributed by atoms with Crippen molar-refractivity contribution in [2.75, 3.05) is 26.3 Å². The summed E-state index contributed by atoms with van der Waals surface area (Å²) >= 11 is 13.6. The van der Waals surface area contributed by atoms with E-state index in [-0.39, 0.29) is 18.1 Å². The summed E-state index contributed by atoms with van der Waals surface area (Å²) in [6.45, 7) is 2.57. The Morgan fingerprint density at radius 2 is 1.47 bits per heavy atom. The maximum Gasteiger partial charge on any atom is 0.286 e. The molecule has 2 aliphatic rings. The molecule has 0 spiro atoms. The van der Waals surface area contributed by atoms with Crippen LogP contribution in [0.2, 0.25) is 10.0 Å². The predicted molar refractivity (Wildman–Crippen MR) is 156 cm³/mol. The third-order valence-corrected chi connectivity index (χ3v) is 7.88. The van der Waals surface area contributed by atoms with Gasteiger partial charge in [0.1, 0.15) is 0 Å². The molecule has 2 aliphatic heterocycles. The molecule has 192 valence electrons. The lowest BCUT2D eigenvalue weighted by Gasteiger charge is -2.27. The van der Waals surface area contributed by atoms with Crippen LogP contribution in [0.5, 0.6) is 0 Å². The van der Waals surface area contributed by atoms with Gasteiger partial charge in [-0.05, 0) is 70.9 Å². The van der Waals surface area contributed by atoms with Crippen molar-refractivity contribution >= 4 is 63.0 Å². The van der Waals surface area contributed by atoms with Gasteiger partial charge in [0.2, 0.25) is 0 Å². The van der Waals surface area contributed by atoms with E-state index in [1.54, 1.807) is 36.4 Å². The number of thioether (sulfide) groups is 1. The lowest BCUT2D eigenvalue weighted by molar-refractivity contribution is -0.113. The van der Waals surface area contributed by atoms with Crippen LogP contribution in [0.3, 0.4) is 0 Å². The summed E-state index contributed by atoms with van der Waals surface area (Å²) in [7, 11) is 0. The van der Waals surface area contributed by atoms with E-state index in [2.05, 4.69) is 9.89 Å². The van der Waals surface area contributed by atoms with E-state index < -0.39 is 0 Å². The highest BCUT2D eigenvalue weighted by atomic mass is 35.5. The highest BCUT2D eigenvalue weighted by Gasteiger charge is 2.30. The van der Waals surface area contributed by atoms with Gasteiger partial charge in [-0.25, -0.2) is 0 Å². The number of hydrogen-bond donors (Lipinski definition) is 0. The molecule has 0 unspecified atom stereocenters. The monoisotopic (exact) mass is 562 g/mol. The zero-order valence-corrected chi connectivity index (χ0v) is 22.7. The Hall–Kier alpha value is -3.16. The average molecular weight is 564 g/mol. The highest BCUT2D eigenvalue weighted by Crippen LogP contribution is 2.38. The third-order valence-electron chi connectivity index (χ3n) is 6.25. The maximum atomic E-state index is 13.3. The molecule has 0 aliphatic carbocycles. The number of Topliss-reactive ketones (excluding diaryl/α,β-unsaturated/α-hetero) is 1. The molecule has 3 aromatic carbocycles. The first kappa shape index (κ1) is 26.4. The van der Waals surface area contributed by atoms with Crippen molar-refractivity contribution in [1.82, 2.24) is 4.90 Å². The number of ketones is 1. The summed E-state index contributed by atoms with van der Waals surface area (Å²) in [5, 5.41) is 1.84. The van der Waals surface area contributed by atoms with Crippen LogP contribution in [0.25, 0.3) is 11.1 Å². The van der Waals surface area contributed by atoms with Crippen molar-refractivity contribution in [3.63, 3.8) is 0 Å². The number of amides is 1. The van der Waals surface area contributed by atoms with E-state index >= 15 is 0 Å². The molecule has 1 saturated heterocycles. The standard InChI is InChI=1S/C30H24Cl2N2O3S/c31-24-10-6-21(7-11-24)26(28-29(36)33-30(38-28)34-14-16-37-17-15-34)18-23(20-4-2-1-3-5-20)19-27(35)22-8-12-25(32)13-9-22/h1-13,18H,14-17,19H2. The van der Waals surface area contributed by atoms with E-state index in [0.717, 1.165) is 16.7 Å². The van der Waals surface area contributed by atoms with Gasteiger partial charge in [-0.2, -0.15) is 4.99 Å². The molecular weight excluding hydrogens is 539 g/mol. The van der Waals surface area contributed by atoms with Gasteiger partial charge in [0.25, 0.3) is 5.91 Å². The van der Waals surface area contributed by atoms with Gasteiger partial charge >= 0.3 is 0 Å². The highest BCUT2D eigenvalue weighted by molar-refractivity contribution is 8.18. The summed E-state index contributed by atoms with van der Waals surface area (Å²) in [4.78, 5) is 33.5. The minimum atomic E-state index is -0.297. The first-order chi connectivity index (χ1) is 18.5. The van der Waals surface area contributed by atoms with E-state index in [4.69, 9.17) is 27.9 Å². The van der Waals surface area contributed by atoms with Gasteiger partial charge < -0.3 is 9.64 Å². The zero-order valence-electron chi connectivity index (χ0n) is 20.4. The Morgan fingerprint density at radius 3 is 2.11 bits per heavy atom. The first-order valence-electron chi connectivity index (χ1n) is 12.2. The molecule has 0 aromatic heterocycles. The lowest BCUT2D eigenvalue weighted by Crippen LogP contribution is -2.38. The normalized spacial score (nSPS) is 17.4. The molecule has 5 rings (SSSR count). The molecule has 2 heterocycles. The quantitative estimate of drug-likeness (QED) is 0.238. The fourth-order valence-electron chi connectivity index (χ4n) is 4.24. The van der Waals surface area contributed by atoms with Crippen molar-refractivity contribution < 1.29 is 14.3 Å². The van der Waals surface area contributed by atoms with Gasteiger partial charge in [0, 0.05) is 40.7 Å². The molecule has 8 heteroatoms. The van der Waals surface area contributed by atoms with Crippen molar-refractivity contribution in [2.45, 2.75) is 6.42 Å². The van der Waals surface area contributed by atoms with Gasteiger partial charge in [-0.3, -0.25) is 9.59 Å². The number of ether oxygens (including phenoxy) is 1. The number of benzene rings is 3. The Kier molecular flexibility index (Phi) is 8.45. The Bertz CT molecular complexity index is 1430. The Morgan fingerprint density at radius 1 is 0.868 bits per heavy atom. The van der Waals surface area contributed by atoms with Crippen LogP contribution in [0.1, 0.15) is 27.9 Å². The molecule has 5 nitrogen and oxygen atoms in total. The second kappa shape index (κ2) is 12.1. The summed E-state index contributed by atoms with van der Waals surface area (Å²) in [5.41, 5.74) is 3.77. The number of carbonyl (C=O) groups excluding carboxylic acids is 2. The summed E-state index contributed by atoms with van der Waals surface area (Å²) in [6.07, 6.45) is 2.08. The molecule has 0 atom stereocenters. The van der Waals surface area contributed by atoms with E-state index in [1.165, 1.54) is 11.8 Å². The Labute approximate surface area is 235 Å². The number of morpholine rings is 1. The van der Waals surface area contributed by atoms with Gasteiger partial charge in [0.05, 0.1) is 18.1 Å². The van der Waals surface area contributed by atoms with Crippen molar-refractivity contribution in [1.29, 1.82) is 0 Å². The number of hydrogen-bond acceptors (Lipinski definition) is 5. The third kappa shape index (κ3) is 6.27. The topological polar surface area (TPSA) is 59.0 Å². The molecule has 0 saturated carbocycles. The molecule has 3 aromatic rings. The lowest BCUT2D eigenvalue weighted by atomic mass is 9.93. The van der Waals surface area contributed by atoms with Crippen LogP contribution < -0.4 is 0 Å². The minimum absolute atomic E-state index is 0.0483. The SMILES string of the molecule is O=C1N=C(N2CCOCC2)SC1=C(C=C(CC(=O)c1ccc(Cl)cc1)c1ccccc1)c1ccc(Cl)cc1. The van der Waals surface area contributed by atoms with Crippen molar-refractivity contribution in [2.24, 2.45) is 4.99 Å². The second-order valence-electron chi connectivity index (χ2n) is 8.79. The summed E-state index contributed by atoms with van der Waals surface area (Å²) < 4.78 is 5.46. The molecule has 0 bridgehead atoms. The smallest absolute Gasteiger partial charge is 0.286 e. The number of nitrogens with zero attached hydrogens (tertiary/aromatic N) is 2. The largest absolute Gasteiger partial charge is 0.378 e. The number of halogens is 2. The van der Waals surface area contributed by atoms with E-state index in [9.17, 15) is 9.59 Å². The van der Waals surface area contributed by atoms with Crippen LogP contribution in [0, 0.1) is 0 Å². The molecule has 1 fully saturated rings. The minimum Gasteiger partial charge on any atom is -0.378 e. The van der Waals surface area contributed by atoms with Crippen molar-refractivity contribution in [3.05, 3.63) is 117 Å². The zero-order chi connectivity index (χ0) is 26.5. The van der Waals surface area contributed by atoms with Gasteiger partial charge in [-0.15, -0.1) is 0 Å². The first-order valence-corrected chi connectivity index (χ1v) is 13.7. The van der Waals surface area contributed by atoms with Crippen LogP contribution in [0.15, 0.2) is 94.8 Å². The van der Waals surface area contributed by atoms with E-state index in [1.807, 2.05) is 48.5 Å². The van der Waals surface area contributed by atoms with Crippen LogP contribution >= 0.6 is 35.0 Å². The summed E-state index contributed by atoms with van der Waals surface area (Å²) in [6, 6.07) is 23.9. The van der Waals surface area contributed by atoms with Gasteiger partial charge in [0.15, 0.2) is 11.0 Å². The average Bonchev–Trinajstić information content (AvgIpc) is 3.34. The summed E-state index contributed by atoms with van der Waals surface area (Å²) in [5.74, 6) is -0.345. The molecule has 38 heavy (non-hydrogen) atoms. The molecular formula is C30H24Cl2N2O3S. The molecule has 1 amide bonds. The van der Waals surface area contributed by atoms with E-state index in [0.29, 0.717) is 57.6 Å². The fraction of sp³-hybridized carbons (Fsp3) is 0.167. The maximum absolute atomic E-state index is 13.3. The van der Waals surface area contributed by atoms with Crippen LogP contribution in [-0.4, -0.2) is 48.1 Å². The molecule has 0 N–H and O–H groups in total. The number of carbonyl (C=O) groups is 2. The Balaban J connectivity index is 1.58. The molecule has 0 radical (unpaired) electrons. The van der Waals surface area contributed by atoms with Crippen molar-refractivity contribution in [3.8, 4) is 0 Å². The number of allylic oxidation sites excluding steroid dienone is 3. The number of rotatable bonds is 6. The number of amidine groups is 1. The predicted octanol–water partition coefficient (Wildman–Crippen LogP) is 7.02. The number of aliphatic imine (C=N–C) groups is 1. The fourth-order valence-corrected chi connectivity index (χ4v) is 5.53. The van der Waals surface area contributed by atoms with Gasteiger partial charge in [-0.1, -0.05) is 65.7 Å².